The van der Waals surface area contributed by atoms with Gasteiger partial charge in [0.15, 0.2) is 6.29 Å². The Labute approximate surface area is 470 Å². The lowest BCUT2D eigenvalue weighted by Crippen LogP contribution is -2.60. The van der Waals surface area contributed by atoms with Crippen molar-refractivity contribution >= 4 is 5.91 Å². The van der Waals surface area contributed by atoms with Crippen molar-refractivity contribution in [2.24, 2.45) is 0 Å². The van der Waals surface area contributed by atoms with Crippen molar-refractivity contribution in [2.75, 3.05) is 13.2 Å². The van der Waals surface area contributed by atoms with Crippen LogP contribution in [0.5, 0.6) is 0 Å². The highest BCUT2D eigenvalue weighted by atomic mass is 16.7. The molecule has 1 fully saturated rings. The highest BCUT2D eigenvalue weighted by Gasteiger charge is 2.44. The molecule has 6 N–H and O–H groups in total. The highest BCUT2D eigenvalue weighted by molar-refractivity contribution is 5.76. The third-order valence-electron chi connectivity index (χ3n) is 13.4. The number of unbranched alkanes of at least 4 members (excludes halogenated alkanes) is 18. The lowest BCUT2D eigenvalue weighted by Gasteiger charge is -2.40. The number of allylic oxidation sites excluding steroid dienone is 23. The zero-order valence-electron chi connectivity index (χ0n) is 48.4. The minimum absolute atomic E-state index is 0.239. The number of rotatable bonds is 50. The number of hydrogen-bond acceptors (Lipinski definition) is 8. The van der Waals surface area contributed by atoms with E-state index in [9.17, 15) is 30.3 Å². The van der Waals surface area contributed by atoms with Crippen LogP contribution in [0.4, 0.5) is 0 Å². The van der Waals surface area contributed by atoms with E-state index in [2.05, 4.69) is 153 Å². The van der Waals surface area contributed by atoms with Crippen LogP contribution in [0.15, 0.2) is 146 Å². The molecule has 436 valence electrons. The first-order chi connectivity index (χ1) is 37.8. The van der Waals surface area contributed by atoms with Crippen LogP contribution in [0, 0.1) is 0 Å². The largest absolute Gasteiger partial charge is 0.394 e. The molecule has 1 amide bonds. The summed E-state index contributed by atoms with van der Waals surface area (Å²) in [6, 6.07) is -0.872. The second kappa shape index (κ2) is 55.4. The average molecular weight is 1070 g/mol. The molecule has 9 nitrogen and oxygen atoms in total. The van der Waals surface area contributed by atoms with E-state index in [0.717, 1.165) is 89.9 Å². The Morgan fingerprint density at radius 3 is 1.25 bits per heavy atom. The van der Waals surface area contributed by atoms with Crippen LogP contribution >= 0.6 is 0 Å². The van der Waals surface area contributed by atoms with Gasteiger partial charge in [-0.05, 0) is 109 Å². The summed E-state index contributed by atoms with van der Waals surface area (Å²) < 4.78 is 11.2. The third kappa shape index (κ3) is 44.6. The van der Waals surface area contributed by atoms with Gasteiger partial charge in [-0.1, -0.05) is 250 Å². The second-order valence-electron chi connectivity index (χ2n) is 20.4. The van der Waals surface area contributed by atoms with Crippen LogP contribution in [-0.4, -0.2) is 87.5 Å². The van der Waals surface area contributed by atoms with Gasteiger partial charge in [0.1, 0.15) is 24.4 Å². The molecule has 0 spiro atoms. The fourth-order valence-corrected chi connectivity index (χ4v) is 8.60. The maximum atomic E-state index is 13.1. The van der Waals surface area contributed by atoms with E-state index < -0.39 is 49.5 Å². The molecule has 0 aromatic rings. The molecule has 1 heterocycles. The lowest BCUT2D eigenvalue weighted by atomic mass is 9.99. The first-order valence-corrected chi connectivity index (χ1v) is 30.6. The number of amides is 1. The summed E-state index contributed by atoms with van der Waals surface area (Å²) in [4.78, 5) is 13.1. The Kier molecular flexibility index (Phi) is 51.1. The summed E-state index contributed by atoms with van der Waals surface area (Å²) in [6.07, 6.45) is 79.2. The summed E-state index contributed by atoms with van der Waals surface area (Å²) in [6.45, 7) is 3.61. The monoisotopic (exact) mass is 1070 g/mol. The molecular formula is C68H111NO8. The van der Waals surface area contributed by atoms with Crippen molar-refractivity contribution in [3.05, 3.63) is 146 Å². The predicted octanol–water partition coefficient (Wildman–Crippen LogP) is 15.8. The molecule has 0 bridgehead atoms. The van der Waals surface area contributed by atoms with E-state index in [-0.39, 0.29) is 18.9 Å². The van der Waals surface area contributed by atoms with Gasteiger partial charge in [0, 0.05) is 6.42 Å². The molecule has 77 heavy (non-hydrogen) atoms. The first-order valence-electron chi connectivity index (χ1n) is 30.6. The van der Waals surface area contributed by atoms with Crippen molar-refractivity contribution in [1.29, 1.82) is 0 Å². The number of carbonyl (C=O) groups excluding carboxylic acids is 1. The summed E-state index contributed by atoms with van der Waals surface area (Å²) in [7, 11) is 0. The van der Waals surface area contributed by atoms with Crippen LogP contribution in [0.25, 0.3) is 0 Å². The molecule has 0 aromatic heterocycles. The molecule has 1 saturated heterocycles. The Morgan fingerprint density at radius 2 is 0.818 bits per heavy atom. The van der Waals surface area contributed by atoms with Crippen LogP contribution in [0.2, 0.25) is 0 Å². The summed E-state index contributed by atoms with van der Waals surface area (Å²) in [5, 5.41) is 54.5. The van der Waals surface area contributed by atoms with Gasteiger partial charge in [-0.15, -0.1) is 0 Å². The maximum absolute atomic E-state index is 13.1. The topological polar surface area (TPSA) is 149 Å². The summed E-state index contributed by atoms with van der Waals surface area (Å²) in [5.74, 6) is -0.254. The van der Waals surface area contributed by atoms with Gasteiger partial charge in [0.2, 0.25) is 5.91 Å². The van der Waals surface area contributed by atoms with Crippen LogP contribution in [-0.2, 0) is 14.3 Å². The molecule has 0 aliphatic carbocycles. The van der Waals surface area contributed by atoms with E-state index in [1.54, 1.807) is 6.08 Å². The fraction of sp³-hybridized carbons (Fsp3) is 0.632. The molecule has 1 aliphatic heterocycles. The third-order valence-corrected chi connectivity index (χ3v) is 13.4. The van der Waals surface area contributed by atoms with E-state index in [0.29, 0.717) is 12.8 Å². The lowest BCUT2D eigenvalue weighted by molar-refractivity contribution is -0.302. The molecule has 0 saturated carbocycles. The Bertz CT molecular complexity index is 1720. The second-order valence-corrected chi connectivity index (χ2v) is 20.4. The van der Waals surface area contributed by atoms with Gasteiger partial charge in [-0.2, -0.15) is 0 Å². The zero-order valence-corrected chi connectivity index (χ0v) is 48.4. The number of carbonyl (C=O) groups is 1. The van der Waals surface area contributed by atoms with E-state index >= 15 is 0 Å². The summed E-state index contributed by atoms with van der Waals surface area (Å²) in [5.41, 5.74) is 0. The predicted molar refractivity (Wildman–Crippen MR) is 326 cm³/mol. The minimum atomic E-state index is -1.60. The zero-order chi connectivity index (χ0) is 55.8. The van der Waals surface area contributed by atoms with Gasteiger partial charge in [-0.3, -0.25) is 4.79 Å². The highest BCUT2D eigenvalue weighted by Crippen LogP contribution is 2.23. The normalized spacial score (nSPS) is 19.8. The molecule has 7 unspecified atom stereocenters. The van der Waals surface area contributed by atoms with E-state index in [1.165, 1.54) is 96.3 Å². The van der Waals surface area contributed by atoms with Gasteiger partial charge in [0.05, 0.1) is 25.4 Å². The molecule has 1 aliphatic rings. The Hall–Kier alpha value is -3.93. The minimum Gasteiger partial charge on any atom is -0.394 e. The Balaban J connectivity index is 2.32. The molecule has 0 radical (unpaired) electrons. The van der Waals surface area contributed by atoms with Crippen molar-refractivity contribution in [3.63, 3.8) is 0 Å². The van der Waals surface area contributed by atoms with Crippen LogP contribution in [0.3, 0.4) is 0 Å². The first kappa shape index (κ1) is 71.1. The van der Waals surface area contributed by atoms with Crippen LogP contribution in [0.1, 0.15) is 219 Å². The number of aliphatic hydroxyl groups excluding tert-OH is 5. The van der Waals surface area contributed by atoms with Crippen LogP contribution < -0.4 is 5.32 Å². The quantitative estimate of drug-likeness (QED) is 0.0261. The molecule has 9 heteroatoms. The van der Waals surface area contributed by atoms with E-state index in [1.807, 2.05) is 6.08 Å². The number of ether oxygens (including phenoxy) is 2. The van der Waals surface area contributed by atoms with Crippen molar-refractivity contribution in [1.82, 2.24) is 5.32 Å². The van der Waals surface area contributed by atoms with Gasteiger partial charge < -0.3 is 40.3 Å². The summed E-state index contributed by atoms with van der Waals surface area (Å²) >= 11 is 0. The fourth-order valence-electron chi connectivity index (χ4n) is 8.60. The van der Waals surface area contributed by atoms with E-state index in [4.69, 9.17) is 9.47 Å². The van der Waals surface area contributed by atoms with Crippen molar-refractivity contribution in [2.45, 2.75) is 262 Å². The SMILES string of the molecule is CC/C=C\C/C=C\C/C=C\C/C=C\C/C=C\C/C=C\C/C=C\C/C=C\C/C=C\CCCC(=O)NC(COC1OC(CO)C(O)C(O)C1O)C(O)/C=C/CC/C=C/CC/C=C/CCCCCCCCCCCCCCCCC. The number of aliphatic hydroxyl groups is 5. The van der Waals surface area contributed by atoms with Gasteiger partial charge >= 0.3 is 0 Å². The number of hydrogen-bond donors (Lipinski definition) is 6. The molecule has 1 rings (SSSR count). The maximum Gasteiger partial charge on any atom is 0.220 e. The molecule has 7 atom stereocenters. The van der Waals surface area contributed by atoms with Crippen molar-refractivity contribution < 1.29 is 39.8 Å². The average Bonchev–Trinajstić information content (AvgIpc) is 3.43. The molecular weight excluding hydrogens is 959 g/mol. The Morgan fingerprint density at radius 1 is 0.455 bits per heavy atom. The van der Waals surface area contributed by atoms with Gasteiger partial charge in [-0.25, -0.2) is 0 Å². The smallest absolute Gasteiger partial charge is 0.220 e. The standard InChI is InChI=1S/C68H111NO8/c1-3-5-7-9-11-13-15-17-19-21-23-25-27-29-30-31-32-34-36-38-40-42-44-46-48-50-52-54-56-58-64(72)69-61(60-76-68-67(75)66(74)65(73)63(59-70)77-68)62(71)57-55-53-51-49-47-45-43-41-39-37-35-33-28-26-24-22-20-18-16-14-12-10-8-6-4-2/h5,7,11,13,17,19,23,25,29-30,32,34,38-41,44,46-47,49-50,52,55,57,61-63,65-68,70-71,73-75H,3-4,6,8-10,12,14-16,18,20-22,24,26-28,31,33,35-37,42-43,45,48,51,53-54,56,58-60H2,1-2H3,(H,69,72)/b7-5-,13-11-,19-17-,25-23-,30-29-,34-32-,40-38-,41-39+,46-44-,49-47+,52-50-,57-55+. The molecule has 0 aromatic carbocycles. The number of nitrogens with one attached hydrogen (secondary N) is 1. The van der Waals surface area contributed by atoms with Crippen molar-refractivity contribution in [3.8, 4) is 0 Å². The van der Waals surface area contributed by atoms with Gasteiger partial charge in [0.25, 0.3) is 0 Å².